The Kier molecular flexibility index (Phi) is 5.88. The molecular formula is C23H26FN7O3. The summed E-state index contributed by atoms with van der Waals surface area (Å²) in [7, 11) is 2.79. The maximum absolute atomic E-state index is 13.3. The van der Waals surface area contributed by atoms with Crippen LogP contribution in [0.4, 0.5) is 10.2 Å². The summed E-state index contributed by atoms with van der Waals surface area (Å²) >= 11 is 0. The normalized spacial score (nSPS) is 21.4. The summed E-state index contributed by atoms with van der Waals surface area (Å²) in [6.07, 6.45) is 5.61. The van der Waals surface area contributed by atoms with E-state index in [1.54, 1.807) is 17.8 Å². The van der Waals surface area contributed by atoms with Gasteiger partial charge in [0.05, 0.1) is 30.6 Å². The smallest absolute Gasteiger partial charge is 0.257 e. The summed E-state index contributed by atoms with van der Waals surface area (Å²) in [6, 6.07) is 5.61. The molecular weight excluding hydrogens is 441 g/mol. The molecule has 1 saturated carbocycles. The number of hydrogen-bond donors (Lipinski definition) is 3. The molecule has 11 heteroatoms. The molecule has 4 aromatic heterocycles. The Morgan fingerprint density at radius 1 is 1.32 bits per heavy atom. The molecule has 0 spiro atoms. The third-order valence-electron chi connectivity index (χ3n) is 6.17. The van der Waals surface area contributed by atoms with E-state index in [0.717, 1.165) is 36.7 Å². The summed E-state index contributed by atoms with van der Waals surface area (Å²) in [5.41, 5.74) is 3.21. The van der Waals surface area contributed by atoms with Crippen LogP contribution in [-0.2, 0) is 4.74 Å². The van der Waals surface area contributed by atoms with Crippen molar-refractivity contribution in [3.63, 3.8) is 0 Å². The molecule has 1 aliphatic heterocycles. The number of rotatable bonds is 5. The standard InChI is InChI=1S/C22H22FN7O2.CH4O/c1-24-19-8-17(27-21-14(9-26-30(19)21)22(31)28-18-7-16(18)23)15-10-29(12-4-6-32-11-12)20-13(15)3-2-5-25-20;1-2/h2-3,5,8-10,12,16,18,24H,4,6-7,11H2,1H3,(H,28,31);2H,1H3. The van der Waals surface area contributed by atoms with Gasteiger partial charge in [0.1, 0.15) is 23.2 Å². The molecule has 0 aromatic carbocycles. The highest BCUT2D eigenvalue weighted by atomic mass is 19.1. The van der Waals surface area contributed by atoms with Crippen molar-refractivity contribution in [1.82, 2.24) is 29.5 Å². The second kappa shape index (κ2) is 8.99. The third kappa shape index (κ3) is 3.76. The number of anilines is 1. The monoisotopic (exact) mass is 467 g/mol. The molecule has 3 atom stereocenters. The fourth-order valence-electron chi connectivity index (χ4n) is 4.31. The van der Waals surface area contributed by atoms with Gasteiger partial charge in [0.15, 0.2) is 5.65 Å². The van der Waals surface area contributed by atoms with Gasteiger partial charge in [0, 0.05) is 56.6 Å². The molecule has 5 heterocycles. The Morgan fingerprint density at radius 2 is 2.15 bits per heavy atom. The number of fused-ring (bicyclic) bond motifs is 2. The molecule has 1 saturated heterocycles. The molecule has 2 fully saturated rings. The number of carbonyl (C=O) groups is 1. The first kappa shape index (κ1) is 22.2. The number of nitrogens with zero attached hydrogens (tertiary/aromatic N) is 5. The Bertz CT molecular complexity index is 1350. The highest BCUT2D eigenvalue weighted by Gasteiger charge is 2.39. The molecule has 34 heavy (non-hydrogen) atoms. The first-order valence-corrected chi connectivity index (χ1v) is 11.1. The van der Waals surface area contributed by atoms with E-state index in [9.17, 15) is 9.18 Å². The van der Waals surface area contributed by atoms with Crippen LogP contribution < -0.4 is 10.6 Å². The van der Waals surface area contributed by atoms with E-state index in [1.165, 1.54) is 6.20 Å². The highest BCUT2D eigenvalue weighted by Crippen LogP contribution is 2.34. The number of pyridine rings is 1. The summed E-state index contributed by atoms with van der Waals surface area (Å²) in [5, 5.41) is 18.1. The van der Waals surface area contributed by atoms with E-state index in [2.05, 4.69) is 31.5 Å². The molecule has 10 nitrogen and oxygen atoms in total. The van der Waals surface area contributed by atoms with Gasteiger partial charge in [0.2, 0.25) is 0 Å². The number of hydrogen-bond acceptors (Lipinski definition) is 7. The topological polar surface area (TPSA) is 119 Å². The molecule has 3 N–H and O–H groups in total. The van der Waals surface area contributed by atoms with Gasteiger partial charge in [-0.25, -0.2) is 14.4 Å². The van der Waals surface area contributed by atoms with Crippen molar-refractivity contribution in [3.8, 4) is 11.3 Å². The predicted molar refractivity (Wildman–Crippen MR) is 125 cm³/mol. The van der Waals surface area contributed by atoms with E-state index in [1.807, 2.05) is 18.2 Å². The number of carbonyl (C=O) groups excluding carboxylic acids is 1. The van der Waals surface area contributed by atoms with Crippen LogP contribution in [-0.4, -0.2) is 74.7 Å². The lowest BCUT2D eigenvalue weighted by molar-refractivity contribution is 0.0949. The second-order valence-corrected chi connectivity index (χ2v) is 8.24. The number of aliphatic hydroxyl groups is 1. The number of alkyl halides is 1. The van der Waals surface area contributed by atoms with Crippen LogP contribution in [0.5, 0.6) is 0 Å². The lowest BCUT2D eigenvalue weighted by Crippen LogP contribution is -2.27. The first-order chi connectivity index (χ1) is 16.6. The van der Waals surface area contributed by atoms with Crippen LogP contribution in [0.15, 0.2) is 36.8 Å². The van der Waals surface area contributed by atoms with Crippen molar-refractivity contribution in [1.29, 1.82) is 0 Å². The quantitative estimate of drug-likeness (QED) is 0.412. The minimum Gasteiger partial charge on any atom is -0.400 e. The Morgan fingerprint density at radius 3 is 2.85 bits per heavy atom. The number of halogens is 1. The summed E-state index contributed by atoms with van der Waals surface area (Å²) in [5.74, 6) is 0.317. The van der Waals surface area contributed by atoms with Gasteiger partial charge in [-0.1, -0.05) is 0 Å². The van der Waals surface area contributed by atoms with Crippen LogP contribution in [0.2, 0.25) is 0 Å². The van der Waals surface area contributed by atoms with Crippen LogP contribution in [0, 0.1) is 0 Å². The zero-order valence-electron chi connectivity index (χ0n) is 18.9. The van der Waals surface area contributed by atoms with Crippen molar-refractivity contribution in [2.75, 3.05) is 32.7 Å². The van der Waals surface area contributed by atoms with Crippen molar-refractivity contribution < 1.29 is 19.0 Å². The van der Waals surface area contributed by atoms with Crippen LogP contribution in [0.3, 0.4) is 0 Å². The van der Waals surface area contributed by atoms with Gasteiger partial charge in [-0.3, -0.25) is 4.79 Å². The first-order valence-electron chi connectivity index (χ1n) is 11.1. The molecule has 178 valence electrons. The molecule has 1 aliphatic carbocycles. The lowest BCUT2D eigenvalue weighted by Gasteiger charge is -2.10. The molecule has 3 unspecified atom stereocenters. The largest absolute Gasteiger partial charge is 0.400 e. The summed E-state index contributed by atoms with van der Waals surface area (Å²) < 4.78 is 22.6. The van der Waals surface area contributed by atoms with Gasteiger partial charge in [-0.2, -0.15) is 9.61 Å². The Labute approximate surface area is 194 Å². The maximum atomic E-state index is 13.3. The molecule has 2 aliphatic rings. The van der Waals surface area contributed by atoms with Crippen LogP contribution >= 0.6 is 0 Å². The van der Waals surface area contributed by atoms with Crippen molar-refractivity contribution in [2.45, 2.75) is 31.1 Å². The molecule has 1 amide bonds. The van der Waals surface area contributed by atoms with Crippen molar-refractivity contribution in [2.24, 2.45) is 0 Å². The van der Waals surface area contributed by atoms with E-state index in [4.69, 9.17) is 14.8 Å². The van der Waals surface area contributed by atoms with Gasteiger partial charge >= 0.3 is 0 Å². The predicted octanol–water partition coefficient (Wildman–Crippen LogP) is 2.20. The number of aliphatic hydroxyl groups excluding tert-OH is 1. The SMILES string of the molecule is CNc1cc(-c2cn(C3CCOC3)c3ncccc23)nc2c(C(=O)NC3CC3F)cnn12.CO. The molecule has 6 rings (SSSR count). The van der Waals surface area contributed by atoms with E-state index in [-0.39, 0.29) is 11.9 Å². The van der Waals surface area contributed by atoms with E-state index in [0.29, 0.717) is 35.8 Å². The van der Waals surface area contributed by atoms with Gasteiger partial charge in [-0.05, 0) is 18.6 Å². The number of aromatic nitrogens is 5. The van der Waals surface area contributed by atoms with Crippen LogP contribution in [0.25, 0.3) is 27.9 Å². The van der Waals surface area contributed by atoms with E-state index < -0.39 is 12.2 Å². The second-order valence-electron chi connectivity index (χ2n) is 8.24. The number of amides is 1. The molecule has 0 bridgehead atoms. The average molecular weight is 468 g/mol. The maximum Gasteiger partial charge on any atom is 0.257 e. The average Bonchev–Trinajstić information content (AvgIpc) is 3.33. The number of nitrogens with one attached hydrogen (secondary N) is 2. The van der Waals surface area contributed by atoms with Gasteiger partial charge in [0.25, 0.3) is 5.91 Å². The minimum absolute atomic E-state index is 0.220. The Balaban J connectivity index is 0.00000117. The summed E-state index contributed by atoms with van der Waals surface area (Å²) in [6.45, 7) is 1.38. The minimum atomic E-state index is -0.977. The van der Waals surface area contributed by atoms with Crippen LogP contribution in [0.1, 0.15) is 29.2 Å². The fourth-order valence-corrected chi connectivity index (χ4v) is 4.31. The molecule has 4 aromatic rings. The zero-order chi connectivity index (χ0) is 23.8. The molecule has 0 radical (unpaired) electrons. The lowest BCUT2D eigenvalue weighted by atomic mass is 10.1. The van der Waals surface area contributed by atoms with Crippen molar-refractivity contribution in [3.05, 3.63) is 42.4 Å². The van der Waals surface area contributed by atoms with E-state index >= 15 is 0 Å². The van der Waals surface area contributed by atoms with Crippen molar-refractivity contribution >= 4 is 28.4 Å². The number of ether oxygens (including phenoxy) is 1. The van der Waals surface area contributed by atoms with Gasteiger partial charge < -0.3 is 25.0 Å². The van der Waals surface area contributed by atoms with Gasteiger partial charge in [-0.15, -0.1) is 0 Å². The zero-order valence-corrected chi connectivity index (χ0v) is 18.9. The fraction of sp³-hybridized carbons (Fsp3) is 0.391. The highest BCUT2D eigenvalue weighted by molar-refractivity contribution is 6.01. The summed E-state index contributed by atoms with van der Waals surface area (Å²) in [4.78, 5) is 22.1. The third-order valence-corrected chi connectivity index (χ3v) is 6.17. The Hall–Kier alpha value is -3.57.